The van der Waals surface area contributed by atoms with E-state index in [1.807, 2.05) is 0 Å². The Bertz CT molecular complexity index is 564. The molecule has 18 heavy (non-hydrogen) atoms. The minimum atomic E-state index is -4.41. The van der Waals surface area contributed by atoms with Crippen molar-refractivity contribution in [3.63, 3.8) is 0 Å². The third kappa shape index (κ3) is 2.31. The fourth-order valence-electron chi connectivity index (χ4n) is 1.54. The third-order valence-corrected chi connectivity index (χ3v) is 2.66. The Balaban J connectivity index is 2.54. The highest BCUT2D eigenvalue weighted by molar-refractivity contribution is 6.16. The Labute approximate surface area is 105 Å². The Kier molecular flexibility index (Phi) is 3.25. The van der Waals surface area contributed by atoms with E-state index in [1.54, 1.807) is 0 Å². The molecule has 0 saturated heterocycles. The van der Waals surface area contributed by atoms with E-state index in [0.717, 1.165) is 6.07 Å². The van der Waals surface area contributed by atoms with Gasteiger partial charge in [0, 0.05) is 0 Å². The fraction of sp³-hybridized carbons (Fsp3) is 0.300. The number of aryl methyl sites for hydroxylation is 1. The summed E-state index contributed by atoms with van der Waals surface area (Å²) in [6.07, 6.45) is -4.41. The summed E-state index contributed by atoms with van der Waals surface area (Å²) in [6, 6.07) is 3.89. The Morgan fingerprint density at radius 3 is 2.67 bits per heavy atom. The van der Waals surface area contributed by atoms with Gasteiger partial charge < -0.3 is 0 Å². The lowest BCUT2D eigenvalue weighted by Crippen LogP contribution is -2.10. The predicted octanol–water partition coefficient (Wildman–Crippen LogP) is 2.73. The van der Waals surface area contributed by atoms with Crippen LogP contribution in [0.2, 0.25) is 0 Å². The van der Waals surface area contributed by atoms with Crippen LogP contribution in [0.4, 0.5) is 13.2 Å². The number of aromatic nitrogens is 4. The van der Waals surface area contributed by atoms with Gasteiger partial charge in [-0.25, -0.2) is 0 Å². The van der Waals surface area contributed by atoms with Gasteiger partial charge in [-0.15, -0.1) is 16.7 Å². The lowest BCUT2D eigenvalue weighted by Gasteiger charge is -2.12. The average molecular weight is 277 g/mol. The van der Waals surface area contributed by atoms with Gasteiger partial charge in [0.15, 0.2) is 5.82 Å². The number of nitrogens with zero attached hydrogens (tertiary/aromatic N) is 4. The molecule has 0 N–H and O–H groups in total. The molecule has 0 aliphatic carbocycles. The molecule has 1 aromatic heterocycles. The molecule has 1 aromatic carbocycles. The summed E-state index contributed by atoms with van der Waals surface area (Å²) in [6.45, 7) is 1.40. The van der Waals surface area contributed by atoms with Crippen LogP contribution >= 0.6 is 11.6 Å². The van der Waals surface area contributed by atoms with Gasteiger partial charge in [-0.3, -0.25) is 0 Å². The van der Waals surface area contributed by atoms with Gasteiger partial charge in [0.05, 0.1) is 17.1 Å². The van der Waals surface area contributed by atoms with Crippen LogP contribution in [0.5, 0.6) is 0 Å². The molecule has 96 valence electrons. The van der Waals surface area contributed by atoms with Gasteiger partial charge in [-0.2, -0.15) is 17.9 Å². The van der Waals surface area contributed by atoms with E-state index in [0.29, 0.717) is 0 Å². The van der Waals surface area contributed by atoms with Crippen LogP contribution in [0.3, 0.4) is 0 Å². The summed E-state index contributed by atoms with van der Waals surface area (Å²) < 4.78 is 39.5. The van der Waals surface area contributed by atoms with E-state index < -0.39 is 11.7 Å². The molecule has 1 heterocycles. The number of hydrogen-bond donors (Lipinski definition) is 0. The van der Waals surface area contributed by atoms with Gasteiger partial charge in [0.1, 0.15) is 0 Å². The van der Waals surface area contributed by atoms with E-state index in [1.165, 1.54) is 23.7 Å². The number of halogens is 4. The van der Waals surface area contributed by atoms with Gasteiger partial charge in [-0.1, -0.05) is 6.07 Å². The monoisotopic (exact) mass is 276 g/mol. The van der Waals surface area contributed by atoms with Gasteiger partial charge >= 0.3 is 6.18 Å². The van der Waals surface area contributed by atoms with Crippen molar-refractivity contribution in [3.8, 4) is 5.69 Å². The van der Waals surface area contributed by atoms with Crippen LogP contribution in [0.1, 0.15) is 17.0 Å². The molecule has 0 aliphatic rings. The molecule has 0 unspecified atom stereocenters. The number of rotatable bonds is 2. The first kappa shape index (κ1) is 12.8. The second-order valence-electron chi connectivity index (χ2n) is 3.64. The van der Waals surface area contributed by atoms with Crippen LogP contribution in [-0.2, 0) is 12.1 Å². The molecule has 0 fully saturated rings. The van der Waals surface area contributed by atoms with Crippen molar-refractivity contribution in [1.82, 2.24) is 20.2 Å². The first-order chi connectivity index (χ1) is 8.43. The maximum atomic E-state index is 12.8. The summed E-state index contributed by atoms with van der Waals surface area (Å²) in [7, 11) is 0. The molecule has 8 heteroatoms. The maximum Gasteiger partial charge on any atom is 0.416 e. The molecular formula is C10H8ClF3N4. The van der Waals surface area contributed by atoms with E-state index in [-0.39, 0.29) is 23.0 Å². The lowest BCUT2D eigenvalue weighted by atomic mass is 10.1. The highest BCUT2D eigenvalue weighted by Crippen LogP contribution is 2.33. The SMILES string of the molecule is Cc1ccc(-n2nnnc2CCl)cc1C(F)(F)F. The molecule has 0 spiro atoms. The van der Waals surface area contributed by atoms with E-state index in [4.69, 9.17) is 11.6 Å². The zero-order chi connectivity index (χ0) is 13.3. The smallest absolute Gasteiger partial charge is 0.196 e. The zero-order valence-corrected chi connectivity index (χ0v) is 10.00. The molecule has 0 radical (unpaired) electrons. The zero-order valence-electron chi connectivity index (χ0n) is 9.24. The van der Waals surface area contributed by atoms with Crippen LogP contribution < -0.4 is 0 Å². The quantitative estimate of drug-likeness (QED) is 0.792. The molecule has 0 aliphatic heterocycles. The number of hydrogen-bond acceptors (Lipinski definition) is 3. The number of benzene rings is 1. The normalized spacial score (nSPS) is 11.8. The summed E-state index contributed by atoms with van der Waals surface area (Å²) in [4.78, 5) is 0. The predicted molar refractivity (Wildman–Crippen MR) is 58.5 cm³/mol. The second-order valence-corrected chi connectivity index (χ2v) is 3.90. The summed E-state index contributed by atoms with van der Waals surface area (Å²) in [5.74, 6) is 0.302. The van der Waals surface area contributed by atoms with Gasteiger partial charge in [0.2, 0.25) is 0 Å². The van der Waals surface area contributed by atoms with Crippen molar-refractivity contribution in [1.29, 1.82) is 0 Å². The second kappa shape index (κ2) is 4.56. The highest BCUT2D eigenvalue weighted by Gasteiger charge is 2.32. The molecule has 2 aromatic rings. The number of tetrazole rings is 1. The average Bonchev–Trinajstić information content (AvgIpc) is 2.76. The third-order valence-electron chi connectivity index (χ3n) is 2.42. The van der Waals surface area contributed by atoms with E-state index >= 15 is 0 Å². The van der Waals surface area contributed by atoms with Crippen molar-refractivity contribution in [3.05, 3.63) is 35.2 Å². The van der Waals surface area contributed by atoms with Crippen LogP contribution in [0, 0.1) is 6.92 Å². The summed E-state index contributed by atoms with van der Waals surface area (Å²) in [5, 5.41) is 10.6. The van der Waals surface area contributed by atoms with Crippen molar-refractivity contribution >= 4 is 11.6 Å². The molecule has 0 amide bonds. The van der Waals surface area contributed by atoms with Crippen molar-refractivity contribution < 1.29 is 13.2 Å². The first-order valence-electron chi connectivity index (χ1n) is 4.95. The lowest BCUT2D eigenvalue weighted by molar-refractivity contribution is -0.138. The molecule has 2 rings (SSSR count). The maximum absolute atomic E-state index is 12.8. The van der Waals surface area contributed by atoms with Gasteiger partial charge in [0.25, 0.3) is 0 Å². The molecule has 0 atom stereocenters. The topological polar surface area (TPSA) is 43.6 Å². The van der Waals surface area contributed by atoms with Gasteiger partial charge in [-0.05, 0) is 35.0 Å². The standard InChI is InChI=1S/C10H8ClF3N4/c1-6-2-3-7(4-8(6)10(12,13)14)18-9(5-11)15-16-17-18/h2-4H,5H2,1H3. The molecular weight excluding hydrogens is 269 g/mol. The molecule has 4 nitrogen and oxygen atoms in total. The van der Waals surface area contributed by atoms with E-state index in [9.17, 15) is 13.2 Å². The summed E-state index contributed by atoms with van der Waals surface area (Å²) in [5.41, 5.74) is -0.337. The van der Waals surface area contributed by atoms with E-state index in [2.05, 4.69) is 15.5 Å². The Morgan fingerprint density at radius 2 is 2.06 bits per heavy atom. The number of alkyl halides is 4. The van der Waals surface area contributed by atoms with Crippen LogP contribution in [0.15, 0.2) is 18.2 Å². The van der Waals surface area contributed by atoms with Crippen LogP contribution in [0.25, 0.3) is 5.69 Å². The molecule has 0 bridgehead atoms. The fourth-order valence-corrected chi connectivity index (χ4v) is 1.70. The van der Waals surface area contributed by atoms with Crippen molar-refractivity contribution in [2.45, 2.75) is 19.0 Å². The minimum absolute atomic E-state index is 0.0161. The summed E-state index contributed by atoms with van der Waals surface area (Å²) >= 11 is 5.60. The van der Waals surface area contributed by atoms with Crippen molar-refractivity contribution in [2.24, 2.45) is 0 Å². The minimum Gasteiger partial charge on any atom is -0.196 e. The van der Waals surface area contributed by atoms with Crippen molar-refractivity contribution in [2.75, 3.05) is 0 Å². The Morgan fingerprint density at radius 1 is 1.33 bits per heavy atom. The Hall–Kier alpha value is -1.63. The first-order valence-corrected chi connectivity index (χ1v) is 5.48. The largest absolute Gasteiger partial charge is 0.416 e. The molecule has 0 saturated carbocycles. The highest BCUT2D eigenvalue weighted by atomic mass is 35.5. The van der Waals surface area contributed by atoms with Crippen LogP contribution in [-0.4, -0.2) is 20.2 Å².